The second kappa shape index (κ2) is 6.37. The molecular formula is C15H17N5O. The van der Waals surface area contributed by atoms with Crippen LogP contribution in [0.2, 0.25) is 0 Å². The van der Waals surface area contributed by atoms with E-state index >= 15 is 0 Å². The lowest BCUT2D eigenvalue weighted by Crippen LogP contribution is -2.34. The van der Waals surface area contributed by atoms with Crippen molar-refractivity contribution in [2.24, 2.45) is 0 Å². The van der Waals surface area contributed by atoms with E-state index in [1.54, 1.807) is 18.5 Å². The molecule has 3 rings (SSSR count). The highest BCUT2D eigenvalue weighted by molar-refractivity contribution is 5.34. The first-order valence-electron chi connectivity index (χ1n) is 7.07. The molecule has 1 aliphatic heterocycles. The van der Waals surface area contributed by atoms with Crippen molar-refractivity contribution in [1.82, 2.24) is 19.7 Å². The molecule has 0 amide bonds. The summed E-state index contributed by atoms with van der Waals surface area (Å²) >= 11 is 0. The van der Waals surface area contributed by atoms with E-state index in [0.717, 1.165) is 44.2 Å². The van der Waals surface area contributed by atoms with Crippen LogP contribution in [-0.2, 0) is 13.1 Å². The molecule has 0 aliphatic carbocycles. The van der Waals surface area contributed by atoms with Crippen LogP contribution >= 0.6 is 0 Å². The summed E-state index contributed by atoms with van der Waals surface area (Å²) in [7, 11) is 0. The molecule has 1 aliphatic rings. The zero-order chi connectivity index (χ0) is 14.5. The van der Waals surface area contributed by atoms with E-state index in [4.69, 9.17) is 10.00 Å². The van der Waals surface area contributed by atoms with E-state index in [2.05, 4.69) is 25.7 Å². The third-order valence-electron chi connectivity index (χ3n) is 3.59. The van der Waals surface area contributed by atoms with Crippen molar-refractivity contribution in [3.63, 3.8) is 0 Å². The van der Waals surface area contributed by atoms with Crippen LogP contribution in [0, 0.1) is 11.3 Å². The van der Waals surface area contributed by atoms with Crippen molar-refractivity contribution in [2.75, 3.05) is 19.7 Å². The van der Waals surface area contributed by atoms with Crippen LogP contribution in [0.25, 0.3) is 0 Å². The van der Waals surface area contributed by atoms with Gasteiger partial charge in [-0.25, -0.2) is 0 Å². The number of ether oxygens (including phenoxy) is 1. The Bertz CT molecular complexity index is 628. The van der Waals surface area contributed by atoms with E-state index in [1.807, 2.05) is 12.1 Å². The predicted octanol–water partition coefficient (Wildman–Crippen LogP) is 1.43. The lowest BCUT2D eigenvalue weighted by molar-refractivity contribution is 0.195. The Hall–Kier alpha value is -2.39. The largest absolute Gasteiger partial charge is 0.494 e. The van der Waals surface area contributed by atoms with Gasteiger partial charge >= 0.3 is 0 Å². The van der Waals surface area contributed by atoms with Crippen molar-refractivity contribution < 1.29 is 4.74 Å². The molecule has 0 bridgehead atoms. The highest BCUT2D eigenvalue weighted by Gasteiger charge is 2.16. The fourth-order valence-corrected chi connectivity index (χ4v) is 2.41. The molecule has 0 spiro atoms. The summed E-state index contributed by atoms with van der Waals surface area (Å²) < 4.78 is 7.78. The van der Waals surface area contributed by atoms with Gasteiger partial charge in [0.05, 0.1) is 24.8 Å². The molecule has 6 nitrogen and oxygen atoms in total. The van der Waals surface area contributed by atoms with Gasteiger partial charge in [0, 0.05) is 19.6 Å². The van der Waals surface area contributed by atoms with Crippen molar-refractivity contribution in [3.8, 4) is 11.8 Å². The van der Waals surface area contributed by atoms with Gasteiger partial charge in [-0.05, 0) is 30.7 Å². The van der Waals surface area contributed by atoms with Gasteiger partial charge in [0.25, 0.3) is 0 Å². The Kier molecular flexibility index (Phi) is 4.12. The summed E-state index contributed by atoms with van der Waals surface area (Å²) in [4.78, 5) is 2.37. The van der Waals surface area contributed by atoms with E-state index in [9.17, 15) is 0 Å². The molecule has 0 N–H and O–H groups in total. The highest BCUT2D eigenvalue weighted by Crippen LogP contribution is 2.13. The second-order valence-electron chi connectivity index (χ2n) is 5.05. The number of benzene rings is 1. The number of nitrogens with zero attached hydrogens (tertiary/aromatic N) is 5. The molecule has 1 aromatic heterocycles. The third kappa shape index (κ3) is 3.38. The zero-order valence-corrected chi connectivity index (χ0v) is 11.8. The quantitative estimate of drug-likeness (QED) is 0.777. The van der Waals surface area contributed by atoms with Crippen molar-refractivity contribution >= 4 is 0 Å². The molecule has 2 heterocycles. The average molecular weight is 283 g/mol. The summed E-state index contributed by atoms with van der Waals surface area (Å²) in [5.74, 6) is 1.85. The summed E-state index contributed by atoms with van der Waals surface area (Å²) in [5, 5.41) is 16.8. The molecule has 0 radical (unpaired) electrons. The monoisotopic (exact) mass is 283 g/mol. The van der Waals surface area contributed by atoms with Crippen molar-refractivity contribution in [1.29, 1.82) is 5.26 Å². The molecule has 0 saturated carbocycles. The number of rotatable bonds is 5. The first-order valence-corrected chi connectivity index (χ1v) is 7.07. The topological polar surface area (TPSA) is 67.0 Å². The minimum Gasteiger partial charge on any atom is -0.494 e. The molecular weight excluding hydrogens is 266 g/mol. The molecule has 2 aromatic rings. The normalized spacial score (nSPS) is 14.4. The van der Waals surface area contributed by atoms with E-state index < -0.39 is 0 Å². The number of hydrogen-bond acceptors (Lipinski definition) is 5. The Balaban J connectivity index is 1.40. The van der Waals surface area contributed by atoms with Crippen LogP contribution in [0.1, 0.15) is 17.8 Å². The first-order chi connectivity index (χ1) is 10.3. The van der Waals surface area contributed by atoms with Crippen LogP contribution in [0.3, 0.4) is 0 Å². The molecule has 0 unspecified atom stereocenters. The minimum absolute atomic E-state index is 0.653. The summed E-state index contributed by atoms with van der Waals surface area (Å²) in [5.41, 5.74) is 0.653. The molecule has 0 fully saturated rings. The van der Waals surface area contributed by atoms with Crippen LogP contribution < -0.4 is 4.74 Å². The van der Waals surface area contributed by atoms with Gasteiger partial charge < -0.3 is 9.30 Å². The molecule has 0 saturated heterocycles. The van der Waals surface area contributed by atoms with Crippen LogP contribution in [0.4, 0.5) is 0 Å². The van der Waals surface area contributed by atoms with Crippen LogP contribution in [-0.4, -0.2) is 39.4 Å². The second-order valence-corrected chi connectivity index (χ2v) is 5.05. The fourth-order valence-electron chi connectivity index (χ4n) is 2.41. The standard InChI is InChI=1S/C15H17N5O/c16-10-13-2-4-14(5-3-13)21-9-1-6-19-7-8-20-12-17-18-15(20)11-19/h2-5,12H,1,6-9,11H2. The summed E-state index contributed by atoms with van der Waals surface area (Å²) in [6, 6.07) is 9.31. The SMILES string of the molecule is N#Cc1ccc(OCCCN2CCn3cnnc3C2)cc1. The van der Waals surface area contributed by atoms with Crippen LogP contribution in [0.5, 0.6) is 5.75 Å². The van der Waals surface area contributed by atoms with Gasteiger partial charge in [0.2, 0.25) is 0 Å². The maximum atomic E-state index is 8.73. The maximum absolute atomic E-state index is 8.73. The Morgan fingerprint density at radius 3 is 2.90 bits per heavy atom. The third-order valence-corrected chi connectivity index (χ3v) is 3.59. The average Bonchev–Trinajstić information content (AvgIpc) is 3.00. The minimum atomic E-state index is 0.653. The van der Waals surface area contributed by atoms with Gasteiger partial charge in [-0.2, -0.15) is 5.26 Å². The molecule has 6 heteroatoms. The van der Waals surface area contributed by atoms with Gasteiger partial charge in [0.15, 0.2) is 0 Å². The zero-order valence-electron chi connectivity index (χ0n) is 11.8. The lowest BCUT2D eigenvalue weighted by atomic mass is 10.2. The predicted molar refractivity (Wildman–Crippen MR) is 76.6 cm³/mol. The van der Waals surface area contributed by atoms with Crippen molar-refractivity contribution in [3.05, 3.63) is 42.0 Å². The number of nitriles is 1. The number of fused-ring (bicyclic) bond motifs is 1. The smallest absolute Gasteiger partial charge is 0.147 e. The van der Waals surface area contributed by atoms with E-state index in [0.29, 0.717) is 12.2 Å². The van der Waals surface area contributed by atoms with Gasteiger partial charge in [-0.3, -0.25) is 4.90 Å². The fraction of sp³-hybridized carbons (Fsp3) is 0.400. The molecule has 108 valence electrons. The van der Waals surface area contributed by atoms with Gasteiger partial charge in [-0.15, -0.1) is 10.2 Å². The molecule has 21 heavy (non-hydrogen) atoms. The molecule has 0 atom stereocenters. The first kappa shape index (κ1) is 13.6. The van der Waals surface area contributed by atoms with Gasteiger partial charge in [-0.1, -0.05) is 0 Å². The Labute approximate surface area is 123 Å². The summed E-state index contributed by atoms with van der Waals surface area (Å²) in [6.07, 6.45) is 2.76. The van der Waals surface area contributed by atoms with Crippen molar-refractivity contribution in [2.45, 2.75) is 19.5 Å². The van der Waals surface area contributed by atoms with E-state index in [-0.39, 0.29) is 0 Å². The summed E-state index contributed by atoms with van der Waals surface area (Å²) in [6.45, 7) is 4.51. The van der Waals surface area contributed by atoms with E-state index in [1.165, 1.54) is 0 Å². The maximum Gasteiger partial charge on any atom is 0.147 e. The number of aromatic nitrogens is 3. The van der Waals surface area contributed by atoms with Crippen LogP contribution in [0.15, 0.2) is 30.6 Å². The van der Waals surface area contributed by atoms with Gasteiger partial charge in [0.1, 0.15) is 17.9 Å². The lowest BCUT2D eigenvalue weighted by Gasteiger charge is -2.26. The molecule has 1 aromatic carbocycles. The Morgan fingerprint density at radius 1 is 1.24 bits per heavy atom. The number of hydrogen-bond donors (Lipinski definition) is 0. The highest BCUT2D eigenvalue weighted by atomic mass is 16.5. The Morgan fingerprint density at radius 2 is 2.10 bits per heavy atom.